The van der Waals surface area contributed by atoms with Gasteiger partial charge in [0.25, 0.3) is 0 Å². The molecule has 6 heteroatoms. The van der Waals surface area contributed by atoms with E-state index in [4.69, 9.17) is 0 Å². The zero-order valence-corrected chi connectivity index (χ0v) is 10.9. The highest BCUT2D eigenvalue weighted by Crippen LogP contribution is 2.29. The van der Waals surface area contributed by atoms with Gasteiger partial charge in [-0.3, -0.25) is 0 Å². The average molecular weight is 260 g/mol. The second kappa shape index (κ2) is 6.74. The predicted octanol–water partition coefficient (Wildman–Crippen LogP) is 1.44. The van der Waals surface area contributed by atoms with Crippen LogP contribution in [0.5, 0.6) is 0 Å². The lowest BCUT2D eigenvalue weighted by Crippen LogP contribution is -2.55. The van der Waals surface area contributed by atoms with E-state index in [-0.39, 0.29) is 6.03 Å². The molecule has 0 aromatic heterocycles. The van der Waals surface area contributed by atoms with Crippen LogP contribution in [0.25, 0.3) is 0 Å². The summed E-state index contributed by atoms with van der Waals surface area (Å²) >= 11 is 1.74. The second-order valence-corrected chi connectivity index (χ2v) is 5.57. The molecule has 0 unspecified atom stereocenters. The summed E-state index contributed by atoms with van der Waals surface area (Å²) in [7, 11) is 0. The van der Waals surface area contributed by atoms with Gasteiger partial charge in [0, 0.05) is 12.3 Å². The highest BCUT2D eigenvalue weighted by molar-refractivity contribution is 7.99. The molecule has 1 aliphatic carbocycles. The number of amides is 2. The van der Waals surface area contributed by atoms with E-state index in [2.05, 4.69) is 17.6 Å². The number of carboxylic acid groups (broad SMARTS) is 1. The highest BCUT2D eigenvalue weighted by Gasteiger charge is 2.42. The van der Waals surface area contributed by atoms with Crippen molar-refractivity contribution in [3.63, 3.8) is 0 Å². The molecular weight excluding hydrogens is 240 g/mol. The molecule has 0 aromatic carbocycles. The van der Waals surface area contributed by atoms with Gasteiger partial charge in [-0.15, -0.1) is 0 Å². The van der Waals surface area contributed by atoms with E-state index in [9.17, 15) is 14.7 Å². The van der Waals surface area contributed by atoms with Gasteiger partial charge in [-0.25, -0.2) is 9.59 Å². The molecule has 17 heavy (non-hydrogen) atoms. The van der Waals surface area contributed by atoms with Gasteiger partial charge in [0.15, 0.2) is 0 Å². The van der Waals surface area contributed by atoms with Crippen LogP contribution >= 0.6 is 11.8 Å². The predicted molar refractivity (Wildman–Crippen MR) is 68.4 cm³/mol. The lowest BCUT2D eigenvalue weighted by Gasteiger charge is -2.25. The number of rotatable bonds is 6. The Kier molecular flexibility index (Phi) is 5.61. The zero-order chi connectivity index (χ0) is 12.7. The molecule has 0 bridgehead atoms. The summed E-state index contributed by atoms with van der Waals surface area (Å²) in [6.07, 6.45) is 2.77. The van der Waals surface area contributed by atoms with Crippen molar-refractivity contribution in [1.82, 2.24) is 10.6 Å². The summed E-state index contributed by atoms with van der Waals surface area (Å²) in [5.41, 5.74) is -1.04. The average Bonchev–Trinajstić information content (AvgIpc) is 2.74. The van der Waals surface area contributed by atoms with E-state index in [0.717, 1.165) is 24.3 Å². The van der Waals surface area contributed by atoms with Crippen molar-refractivity contribution in [2.24, 2.45) is 0 Å². The van der Waals surface area contributed by atoms with Crippen LogP contribution < -0.4 is 10.6 Å². The fraction of sp³-hybridized carbons (Fsp3) is 0.818. The van der Waals surface area contributed by atoms with Gasteiger partial charge in [0.2, 0.25) is 0 Å². The number of aliphatic carboxylic acids is 1. The Labute approximate surface area is 106 Å². The molecule has 1 saturated carbocycles. The molecule has 0 spiro atoms. The van der Waals surface area contributed by atoms with Crippen LogP contribution in [0, 0.1) is 0 Å². The monoisotopic (exact) mass is 260 g/mol. The highest BCUT2D eigenvalue weighted by atomic mass is 32.2. The Bertz CT molecular complexity index is 278. The number of nitrogens with one attached hydrogen (secondary N) is 2. The maximum atomic E-state index is 11.6. The molecule has 0 atom stereocenters. The molecule has 2 amide bonds. The minimum absolute atomic E-state index is 0.369. The molecule has 0 saturated heterocycles. The van der Waals surface area contributed by atoms with Gasteiger partial charge < -0.3 is 15.7 Å². The Morgan fingerprint density at radius 3 is 2.53 bits per heavy atom. The van der Waals surface area contributed by atoms with Gasteiger partial charge in [0.05, 0.1) is 0 Å². The number of carbonyl (C=O) groups excluding carboxylic acids is 1. The third-order valence-electron chi connectivity index (χ3n) is 2.96. The van der Waals surface area contributed by atoms with E-state index in [1.165, 1.54) is 0 Å². The lowest BCUT2D eigenvalue weighted by molar-refractivity contribution is -0.144. The van der Waals surface area contributed by atoms with E-state index >= 15 is 0 Å². The number of carbonyl (C=O) groups is 2. The summed E-state index contributed by atoms with van der Waals surface area (Å²) in [4.78, 5) is 22.8. The molecular formula is C11H20N2O3S. The van der Waals surface area contributed by atoms with Gasteiger partial charge in [-0.1, -0.05) is 19.8 Å². The first-order chi connectivity index (χ1) is 8.10. The van der Waals surface area contributed by atoms with Crippen LogP contribution in [-0.4, -0.2) is 40.7 Å². The van der Waals surface area contributed by atoms with Gasteiger partial charge in [0.1, 0.15) is 5.54 Å². The van der Waals surface area contributed by atoms with Crippen molar-refractivity contribution in [2.75, 3.05) is 18.1 Å². The van der Waals surface area contributed by atoms with Gasteiger partial charge in [-0.05, 0) is 18.6 Å². The first-order valence-corrected chi connectivity index (χ1v) is 7.13. The minimum atomic E-state index is -1.04. The maximum Gasteiger partial charge on any atom is 0.329 e. The first-order valence-electron chi connectivity index (χ1n) is 5.98. The fourth-order valence-corrected chi connectivity index (χ4v) is 2.55. The van der Waals surface area contributed by atoms with Crippen LogP contribution in [0.15, 0.2) is 0 Å². The summed E-state index contributed by atoms with van der Waals surface area (Å²) in [5.74, 6) is 0.944. The SMILES string of the molecule is CCSCCNC(=O)NC1(C(=O)O)CCCC1. The van der Waals surface area contributed by atoms with Crippen molar-refractivity contribution >= 4 is 23.8 Å². The van der Waals surface area contributed by atoms with Crippen molar-refractivity contribution in [3.05, 3.63) is 0 Å². The number of hydrogen-bond acceptors (Lipinski definition) is 3. The quantitative estimate of drug-likeness (QED) is 0.631. The Morgan fingerprint density at radius 1 is 1.35 bits per heavy atom. The third kappa shape index (κ3) is 4.11. The van der Waals surface area contributed by atoms with Crippen LogP contribution in [0.4, 0.5) is 4.79 Å². The normalized spacial score (nSPS) is 17.7. The van der Waals surface area contributed by atoms with E-state index in [1.54, 1.807) is 11.8 Å². The minimum Gasteiger partial charge on any atom is -0.480 e. The number of thioether (sulfide) groups is 1. The molecule has 98 valence electrons. The van der Waals surface area contributed by atoms with Gasteiger partial charge in [-0.2, -0.15) is 11.8 Å². The smallest absolute Gasteiger partial charge is 0.329 e. The molecule has 1 aliphatic rings. The van der Waals surface area contributed by atoms with E-state index in [1.807, 2.05) is 0 Å². The summed E-state index contributed by atoms with van der Waals surface area (Å²) in [5, 5.41) is 14.5. The van der Waals surface area contributed by atoms with E-state index in [0.29, 0.717) is 19.4 Å². The number of carboxylic acids is 1. The van der Waals surface area contributed by atoms with Crippen molar-refractivity contribution in [1.29, 1.82) is 0 Å². The summed E-state index contributed by atoms with van der Waals surface area (Å²) in [6, 6.07) is -0.369. The first kappa shape index (κ1) is 14.2. The molecule has 1 rings (SSSR count). The van der Waals surface area contributed by atoms with Crippen molar-refractivity contribution < 1.29 is 14.7 Å². The number of urea groups is 1. The summed E-state index contributed by atoms with van der Waals surface area (Å²) < 4.78 is 0. The van der Waals surface area contributed by atoms with Crippen molar-refractivity contribution in [2.45, 2.75) is 38.1 Å². The molecule has 0 radical (unpaired) electrons. The summed E-state index contributed by atoms with van der Waals surface area (Å²) in [6.45, 7) is 2.63. The molecule has 3 N–H and O–H groups in total. The Balaban J connectivity index is 2.35. The molecule has 0 aliphatic heterocycles. The van der Waals surface area contributed by atoms with Crippen LogP contribution in [0.3, 0.4) is 0 Å². The molecule has 5 nitrogen and oxygen atoms in total. The van der Waals surface area contributed by atoms with Crippen LogP contribution in [0.1, 0.15) is 32.6 Å². The topological polar surface area (TPSA) is 78.4 Å². The maximum absolute atomic E-state index is 11.6. The number of hydrogen-bond donors (Lipinski definition) is 3. The lowest BCUT2D eigenvalue weighted by atomic mass is 9.98. The van der Waals surface area contributed by atoms with Gasteiger partial charge >= 0.3 is 12.0 Å². The van der Waals surface area contributed by atoms with Crippen molar-refractivity contribution in [3.8, 4) is 0 Å². The molecule has 0 heterocycles. The second-order valence-electron chi connectivity index (χ2n) is 4.17. The Morgan fingerprint density at radius 2 is 2.00 bits per heavy atom. The Hall–Kier alpha value is -0.910. The largest absolute Gasteiger partial charge is 0.480 e. The fourth-order valence-electron chi connectivity index (χ4n) is 2.01. The molecule has 1 fully saturated rings. The van der Waals surface area contributed by atoms with E-state index < -0.39 is 11.5 Å². The molecule has 0 aromatic rings. The zero-order valence-electron chi connectivity index (χ0n) is 10.1. The standard InChI is InChI=1S/C11H20N2O3S/c1-2-17-8-7-12-10(16)13-11(9(14)15)5-3-4-6-11/h2-8H2,1H3,(H,14,15)(H2,12,13,16). The van der Waals surface area contributed by atoms with Crippen LogP contribution in [-0.2, 0) is 4.79 Å². The third-order valence-corrected chi connectivity index (χ3v) is 3.86. The van der Waals surface area contributed by atoms with Crippen LogP contribution in [0.2, 0.25) is 0 Å².